The fourth-order valence-corrected chi connectivity index (χ4v) is 1.93. The summed E-state index contributed by atoms with van der Waals surface area (Å²) in [5.41, 5.74) is 2.43. The zero-order chi connectivity index (χ0) is 17.5. The van der Waals surface area contributed by atoms with Crippen molar-refractivity contribution in [3.05, 3.63) is 63.7 Å². The molecule has 0 atom stereocenters. The largest absolute Gasteiger partial charge is 0.504 e. The summed E-state index contributed by atoms with van der Waals surface area (Å²) in [6.07, 6.45) is 1.34. The number of hydrogen-bond acceptors (Lipinski definition) is 6. The number of carbonyl (C=O) groups excluding carboxylic acids is 1. The number of nitrogens with one attached hydrogen (secondary N) is 1. The zero-order valence-electron chi connectivity index (χ0n) is 12.8. The van der Waals surface area contributed by atoms with Gasteiger partial charge in [-0.2, -0.15) is 5.10 Å². The van der Waals surface area contributed by atoms with Crippen molar-refractivity contribution in [2.24, 2.45) is 5.10 Å². The fraction of sp³-hybridized carbons (Fsp3) is 0.125. The van der Waals surface area contributed by atoms with Gasteiger partial charge in [0.25, 0.3) is 11.6 Å². The van der Waals surface area contributed by atoms with Gasteiger partial charge in [-0.25, -0.2) is 5.43 Å². The van der Waals surface area contributed by atoms with Crippen LogP contribution in [0.4, 0.5) is 5.69 Å². The van der Waals surface area contributed by atoms with E-state index in [0.29, 0.717) is 17.9 Å². The average molecular weight is 329 g/mol. The van der Waals surface area contributed by atoms with Gasteiger partial charge in [0.2, 0.25) is 0 Å². The Morgan fingerprint density at radius 1 is 1.38 bits per heavy atom. The average Bonchev–Trinajstić information content (AvgIpc) is 2.57. The molecule has 0 aliphatic rings. The van der Waals surface area contributed by atoms with Crippen molar-refractivity contribution in [2.75, 3.05) is 6.61 Å². The molecule has 0 aromatic heterocycles. The highest BCUT2D eigenvalue weighted by atomic mass is 16.6. The van der Waals surface area contributed by atoms with Gasteiger partial charge in [0.05, 0.1) is 17.7 Å². The van der Waals surface area contributed by atoms with E-state index in [-0.39, 0.29) is 17.0 Å². The number of amides is 1. The second-order valence-corrected chi connectivity index (χ2v) is 4.63. The fourth-order valence-electron chi connectivity index (χ4n) is 1.93. The Balaban J connectivity index is 2.11. The predicted octanol–water partition coefficient (Wildman–Crippen LogP) is 2.46. The van der Waals surface area contributed by atoms with E-state index in [0.717, 1.165) is 0 Å². The van der Waals surface area contributed by atoms with Gasteiger partial charge in [0.1, 0.15) is 5.56 Å². The molecule has 24 heavy (non-hydrogen) atoms. The molecule has 0 spiro atoms. The Hall–Kier alpha value is -3.42. The van der Waals surface area contributed by atoms with Gasteiger partial charge in [-0.3, -0.25) is 14.9 Å². The molecule has 0 radical (unpaired) electrons. The van der Waals surface area contributed by atoms with Crippen LogP contribution in [0.3, 0.4) is 0 Å². The Morgan fingerprint density at radius 3 is 2.83 bits per heavy atom. The monoisotopic (exact) mass is 329 g/mol. The molecule has 1 amide bonds. The SMILES string of the molecule is CCOc1cc(/C=N/NC(=O)c2ccccc2[N+](=O)[O-])ccc1O. The van der Waals surface area contributed by atoms with Crippen molar-refractivity contribution in [1.82, 2.24) is 5.43 Å². The molecule has 2 aromatic rings. The van der Waals surface area contributed by atoms with Gasteiger partial charge in [-0.05, 0) is 36.8 Å². The number of para-hydroxylation sites is 1. The van der Waals surface area contributed by atoms with Crippen LogP contribution >= 0.6 is 0 Å². The maximum atomic E-state index is 12.0. The Labute approximate surface area is 137 Å². The molecule has 0 bridgehead atoms. The van der Waals surface area contributed by atoms with Gasteiger partial charge in [0, 0.05) is 6.07 Å². The molecule has 0 saturated heterocycles. The first-order valence-corrected chi connectivity index (χ1v) is 7.05. The minimum absolute atomic E-state index is 0.00190. The van der Waals surface area contributed by atoms with Crippen LogP contribution in [-0.4, -0.2) is 28.8 Å². The number of carbonyl (C=O) groups is 1. The number of nitrogens with zero attached hydrogens (tertiary/aromatic N) is 2. The van der Waals surface area contributed by atoms with Gasteiger partial charge >= 0.3 is 0 Å². The molecular formula is C16H15N3O5. The number of hydrogen-bond donors (Lipinski definition) is 2. The number of benzene rings is 2. The minimum Gasteiger partial charge on any atom is -0.504 e. The smallest absolute Gasteiger partial charge is 0.282 e. The van der Waals surface area contributed by atoms with Crippen LogP contribution in [0.15, 0.2) is 47.6 Å². The van der Waals surface area contributed by atoms with Gasteiger partial charge in [0.15, 0.2) is 11.5 Å². The third-order valence-electron chi connectivity index (χ3n) is 3.01. The Kier molecular flexibility index (Phi) is 5.45. The number of rotatable bonds is 6. The van der Waals surface area contributed by atoms with E-state index in [2.05, 4.69) is 10.5 Å². The van der Waals surface area contributed by atoms with Crippen LogP contribution in [0.5, 0.6) is 11.5 Å². The van der Waals surface area contributed by atoms with Crippen molar-refractivity contribution in [2.45, 2.75) is 6.92 Å². The van der Waals surface area contributed by atoms with Crippen molar-refractivity contribution in [3.63, 3.8) is 0 Å². The molecule has 2 N–H and O–H groups in total. The predicted molar refractivity (Wildman–Crippen MR) is 87.4 cm³/mol. The molecule has 0 fully saturated rings. The summed E-state index contributed by atoms with van der Waals surface area (Å²) in [6, 6.07) is 10.2. The lowest BCUT2D eigenvalue weighted by Crippen LogP contribution is -2.18. The van der Waals surface area contributed by atoms with Crippen LogP contribution in [-0.2, 0) is 0 Å². The lowest BCUT2D eigenvalue weighted by Gasteiger charge is -2.06. The number of ether oxygens (including phenoxy) is 1. The number of nitro benzene ring substituents is 1. The highest BCUT2D eigenvalue weighted by Crippen LogP contribution is 2.26. The van der Waals surface area contributed by atoms with E-state index in [4.69, 9.17) is 4.74 Å². The lowest BCUT2D eigenvalue weighted by molar-refractivity contribution is -0.385. The maximum Gasteiger partial charge on any atom is 0.282 e. The molecule has 0 aliphatic heterocycles. The molecule has 2 aromatic carbocycles. The van der Waals surface area contributed by atoms with Crippen LogP contribution in [0.2, 0.25) is 0 Å². The Bertz CT molecular complexity index is 789. The summed E-state index contributed by atoms with van der Waals surface area (Å²) in [5, 5.41) is 24.3. The number of hydrazone groups is 1. The van der Waals surface area contributed by atoms with Crippen molar-refractivity contribution in [1.29, 1.82) is 0 Å². The highest BCUT2D eigenvalue weighted by Gasteiger charge is 2.18. The molecular weight excluding hydrogens is 314 g/mol. The lowest BCUT2D eigenvalue weighted by atomic mass is 10.2. The molecule has 8 heteroatoms. The summed E-state index contributed by atoms with van der Waals surface area (Å²) in [4.78, 5) is 22.3. The minimum atomic E-state index is -0.692. The normalized spacial score (nSPS) is 10.5. The molecule has 8 nitrogen and oxygen atoms in total. The second kappa shape index (κ2) is 7.73. The van der Waals surface area contributed by atoms with Crippen LogP contribution in [0, 0.1) is 10.1 Å². The standard InChI is InChI=1S/C16H15N3O5/c1-2-24-15-9-11(7-8-14(15)20)10-17-18-16(21)12-5-3-4-6-13(12)19(22)23/h3-10,20H,2H2,1H3,(H,18,21)/b17-10+. The second-order valence-electron chi connectivity index (χ2n) is 4.63. The summed E-state index contributed by atoms with van der Waals surface area (Å²) < 4.78 is 5.24. The van der Waals surface area contributed by atoms with Gasteiger partial charge in [-0.1, -0.05) is 12.1 Å². The number of aromatic hydroxyl groups is 1. The van der Waals surface area contributed by atoms with Gasteiger partial charge < -0.3 is 9.84 Å². The molecule has 0 aliphatic carbocycles. The first-order chi connectivity index (χ1) is 11.5. The topological polar surface area (TPSA) is 114 Å². The van der Waals surface area contributed by atoms with Gasteiger partial charge in [-0.15, -0.1) is 0 Å². The number of phenols is 1. The molecule has 124 valence electrons. The summed E-state index contributed by atoms with van der Waals surface area (Å²) in [5.74, 6) is -0.397. The summed E-state index contributed by atoms with van der Waals surface area (Å²) in [7, 11) is 0. The van der Waals surface area contributed by atoms with Crippen LogP contribution in [0.25, 0.3) is 0 Å². The van der Waals surface area contributed by atoms with E-state index >= 15 is 0 Å². The highest BCUT2D eigenvalue weighted by molar-refractivity contribution is 5.98. The first-order valence-electron chi connectivity index (χ1n) is 7.05. The van der Waals surface area contributed by atoms with Crippen LogP contribution < -0.4 is 10.2 Å². The third-order valence-corrected chi connectivity index (χ3v) is 3.01. The number of phenolic OH excluding ortho intramolecular Hbond substituents is 1. The Morgan fingerprint density at radius 2 is 2.12 bits per heavy atom. The summed E-state index contributed by atoms with van der Waals surface area (Å²) in [6.45, 7) is 2.18. The number of nitro groups is 1. The van der Waals surface area contributed by atoms with E-state index in [1.54, 1.807) is 19.1 Å². The molecule has 0 saturated carbocycles. The quantitative estimate of drug-likeness (QED) is 0.480. The van der Waals surface area contributed by atoms with Crippen molar-refractivity contribution >= 4 is 17.8 Å². The first kappa shape index (κ1) is 16.9. The molecule has 2 rings (SSSR count). The third kappa shape index (κ3) is 4.07. The van der Waals surface area contributed by atoms with E-state index in [1.165, 1.54) is 36.5 Å². The van der Waals surface area contributed by atoms with Crippen molar-refractivity contribution < 1.29 is 19.6 Å². The van der Waals surface area contributed by atoms with E-state index < -0.39 is 10.8 Å². The molecule has 0 heterocycles. The summed E-state index contributed by atoms with van der Waals surface area (Å²) >= 11 is 0. The molecule has 0 unspecified atom stereocenters. The van der Waals surface area contributed by atoms with Crippen LogP contribution in [0.1, 0.15) is 22.8 Å². The van der Waals surface area contributed by atoms with E-state index in [9.17, 15) is 20.0 Å². The zero-order valence-corrected chi connectivity index (χ0v) is 12.8. The van der Waals surface area contributed by atoms with Crippen molar-refractivity contribution in [3.8, 4) is 11.5 Å². The maximum absolute atomic E-state index is 12.0. The van der Waals surface area contributed by atoms with E-state index in [1.807, 2.05) is 0 Å².